The highest BCUT2D eigenvalue weighted by Crippen LogP contribution is 2.27. The largest absolute Gasteiger partial charge is 0.492 e. The second-order valence-electron chi connectivity index (χ2n) is 5.38. The lowest BCUT2D eigenvalue weighted by molar-refractivity contribution is -0.126. The summed E-state index contributed by atoms with van der Waals surface area (Å²) in [4.78, 5) is 11.5. The molecule has 0 saturated heterocycles. The molecule has 0 saturated carbocycles. The molecule has 2 aromatic rings. The number of benzene rings is 2. The number of ether oxygens (including phenoxy) is 2. The molecule has 1 amide bonds. The summed E-state index contributed by atoms with van der Waals surface area (Å²) in [6, 6.07) is 12.6. The van der Waals surface area contributed by atoms with Crippen LogP contribution in [-0.4, -0.2) is 34.1 Å². The van der Waals surface area contributed by atoms with Crippen molar-refractivity contribution >= 4 is 21.6 Å². The van der Waals surface area contributed by atoms with Crippen LogP contribution in [0.25, 0.3) is 0 Å². The van der Waals surface area contributed by atoms with Gasteiger partial charge in [-0.3, -0.25) is 9.52 Å². The van der Waals surface area contributed by atoms with Crippen LogP contribution in [0.5, 0.6) is 11.5 Å². The fourth-order valence-electron chi connectivity index (χ4n) is 2.19. The summed E-state index contributed by atoms with van der Waals surface area (Å²) in [7, 11) is -2.27. The van der Waals surface area contributed by atoms with E-state index in [0.717, 1.165) is 0 Å². The number of carbonyl (C=O) groups is 1. The molecule has 8 heteroatoms. The number of sulfonamides is 1. The van der Waals surface area contributed by atoms with E-state index >= 15 is 0 Å². The fourth-order valence-corrected chi connectivity index (χ4v) is 3.26. The van der Waals surface area contributed by atoms with E-state index in [1.807, 2.05) is 6.92 Å². The first-order valence-electron chi connectivity index (χ1n) is 8.10. The third-order valence-corrected chi connectivity index (χ3v) is 4.88. The Kier molecular flexibility index (Phi) is 6.46. The van der Waals surface area contributed by atoms with E-state index in [4.69, 9.17) is 9.47 Å². The third-order valence-electron chi connectivity index (χ3n) is 3.49. The first-order valence-corrected chi connectivity index (χ1v) is 9.58. The summed E-state index contributed by atoms with van der Waals surface area (Å²) in [5.74, 6) is 0.587. The van der Waals surface area contributed by atoms with Gasteiger partial charge in [0.15, 0.2) is 6.10 Å². The second-order valence-corrected chi connectivity index (χ2v) is 7.06. The highest BCUT2D eigenvalue weighted by atomic mass is 32.2. The lowest BCUT2D eigenvalue weighted by Crippen LogP contribution is -2.33. The Morgan fingerprint density at radius 3 is 2.38 bits per heavy atom. The van der Waals surface area contributed by atoms with Crippen LogP contribution in [0.2, 0.25) is 0 Å². The molecule has 0 unspecified atom stereocenters. The van der Waals surface area contributed by atoms with E-state index in [0.29, 0.717) is 23.8 Å². The molecule has 0 bridgehead atoms. The molecule has 140 valence electrons. The highest BCUT2D eigenvalue weighted by Gasteiger charge is 2.17. The van der Waals surface area contributed by atoms with Crippen molar-refractivity contribution in [2.45, 2.75) is 24.8 Å². The first kappa shape index (κ1) is 19.6. The molecule has 7 nitrogen and oxygen atoms in total. The van der Waals surface area contributed by atoms with Gasteiger partial charge in [-0.2, -0.15) is 0 Å². The summed E-state index contributed by atoms with van der Waals surface area (Å²) in [6.07, 6.45) is -0.682. The molecule has 2 rings (SSSR count). The molecule has 0 aliphatic rings. The van der Waals surface area contributed by atoms with Gasteiger partial charge in [-0.1, -0.05) is 12.1 Å². The summed E-state index contributed by atoms with van der Waals surface area (Å²) < 4.78 is 38.6. The van der Waals surface area contributed by atoms with E-state index in [-0.39, 0.29) is 10.8 Å². The van der Waals surface area contributed by atoms with E-state index in [9.17, 15) is 13.2 Å². The van der Waals surface area contributed by atoms with Crippen LogP contribution in [0.1, 0.15) is 13.8 Å². The van der Waals surface area contributed by atoms with E-state index in [1.54, 1.807) is 31.2 Å². The zero-order valence-electron chi connectivity index (χ0n) is 14.9. The number of para-hydroxylation sites is 2. The van der Waals surface area contributed by atoms with Crippen molar-refractivity contribution in [3.63, 3.8) is 0 Å². The predicted molar refractivity (Wildman–Crippen MR) is 99.0 cm³/mol. The van der Waals surface area contributed by atoms with Crippen LogP contribution in [0.15, 0.2) is 53.4 Å². The monoisotopic (exact) mass is 378 g/mol. The molecule has 1 atom stereocenters. The molecule has 2 aromatic carbocycles. The number of carbonyl (C=O) groups excluding carboxylic acids is 1. The second kappa shape index (κ2) is 8.57. The van der Waals surface area contributed by atoms with Crippen molar-refractivity contribution < 1.29 is 22.7 Å². The van der Waals surface area contributed by atoms with Gasteiger partial charge in [-0.05, 0) is 50.2 Å². The quantitative estimate of drug-likeness (QED) is 0.736. The van der Waals surface area contributed by atoms with Crippen LogP contribution >= 0.6 is 0 Å². The van der Waals surface area contributed by atoms with Crippen molar-refractivity contribution in [1.29, 1.82) is 0 Å². The number of amides is 1. The molecule has 0 fully saturated rings. The van der Waals surface area contributed by atoms with Crippen molar-refractivity contribution in [3.05, 3.63) is 48.5 Å². The minimum atomic E-state index is -3.79. The van der Waals surface area contributed by atoms with Crippen LogP contribution in [0.3, 0.4) is 0 Å². The van der Waals surface area contributed by atoms with Gasteiger partial charge in [0.25, 0.3) is 15.9 Å². The molecule has 0 aliphatic carbocycles. The fraction of sp³-hybridized carbons (Fsp3) is 0.278. The molecular weight excluding hydrogens is 356 g/mol. The number of hydrogen-bond donors (Lipinski definition) is 2. The third kappa shape index (κ3) is 4.89. The normalized spacial score (nSPS) is 12.1. The van der Waals surface area contributed by atoms with Crippen LogP contribution < -0.4 is 19.5 Å². The zero-order valence-corrected chi connectivity index (χ0v) is 15.7. The van der Waals surface area contributed by atoms with E-state index < -0.39 is 16.1 Å². The summed E-state index contributed by atoms with van der Waals surface area (Å²) in [6.45, 7) is 3.85. The Hall–Kier alpha value is -2.74. The molecule has 26 heavy (non-hydrogen) atoms. The topological polar surface area (TPSA) is 93.7 Å². The molecule has 2 N–H and O–H groups in total. The van der Waals surface area contributed by atoms with Gasteiger partial charge >= 0.3 is 0 Å². The van der Waals surface area contributed by atoms with Crippen LogP contribution in [-0.2, 0) is 14.8 Å². The number of hydrogen-bond acceptors (Lipinski definition) is 5. The number of nitrogens with one attached hydrogen (secondary N) is 2. The van der Waals surface area contributed by atoms with Gasteiger partial charge in [0.05, 0.1) is 17.2 Å². The summed E-state index contributed by atoms with van der Waals surface area (Å²) in [5.41, 5.74) is 0.364. The minimum Gasteiger partial charge on any atom is -0.492 e. The summed E-state index contributed by atoms with van der Waals surface area (Å²) in [5, 5.41) is 2.48. The number of rotatable bonds is 8. The Morgan fingerprint density at radius 1 is 1.12 bits per heavy atom. The molecule has 0 aliphatic heterocycles. The first-order chi connectivity index (χ1) is 12.4. The van der Waals surface area contributed by atoms with Crippen molar-refractivity contribution in [2.24, 2.45) is 0 Å². The average molecular weight is 378 g/mol. The number of likely N-dealkylation sites (N-methyl/N-ethyl adjacent to an activating group) is 1. The van der Waals surface area contributed by atoms with Gasteiger partial charge < -0.3 is 14.8 Å². The molecular formula is C18H22N2O5S. The van der Waals surface area contributed by atoms with E-state index in [1.165, 1.54) is 31.3 Å². The molecule has 0 radical (unpaired) electrons. The molecule has 0 spiro atoms. The number of anilines is 1. The van der Waals surface area contributed by atoms with Crippen molar-refractivity contribution in [1.82, 2.24) is 5.32 Å². The van der Waals surface area contributed by atoms with Crippen LogP contribution in [0, 0.1) is 0 Å². The maximum Gasteiger partial charge on any atom is 0.262 e. The SMILES string of the molecule is CCOc1ccccc1NS(=O)(=O)c1ccc(O[C@H](C)C(=O)NC)cc1. The van der Waals surface area contributed by atoms with Gasteiger partial charge in [0.1, 0.15) is 11.5 Å². The Morgan fingerprint density at radius 2 is 1.77 bits per heavy atom. The maximum atomic E-state index is 12.6. The zero-order chi connectivity index (χ0) is 19.2. The lowest BCUT2D eigenvalue weighted by Gasteiger charge is -2.14. The summed E-state index contributed by atoms with van der Waals surface area (Å²) >= 11 is 0. The Balaban J connectivity index is 2.16. The molecule has 0 heterocycles. The van der Waals surface area contributed by atoms with Crippen LogP contribution in [0.4, 0.5) is 5.69 Å². The predicted octanol–water partition coefficient (Wildman–Crippen LogP) is 2.40. The van der Waals surface area contributed by atoms with Crippen molar-refractivity contribution in [3.8, 4) is 11.5 Å². The van der Waals surface area contributed by atoms with Gasteiger partial charge in [0, 0.05) is 7.05 Å². The van der Waals surface area contributed by atoms with Crippen molar-refractivity contribution in [2.75, 3.05) is 18.4 Å². The lowest BCUT2D eigenvalue weighted by atomic mass is 10.3. The molecule has 0 aromatic heterocycles. The highest BCUT2D eigenvalue weighted by molar-refractivity contribution is 7.92. The average Bonchev–Trinajstić information content (AvgIpc) is 2.63. The Bertz CT molecular complexity index is 850. The maximum absolute atomic E-state index is 12.6. The van der Waals surface area contributed by atoms with Gasteiger partial charge in [-0.15, -0.1) is 0 Å². The smallest absolute Gasteiger partial charge is 0.262 e. The minimum absolute atomic E-state index is 0.0729. The van der Waals surface area contributed by atoms with Gasteiger partial charge in [-0.25, -0.2) is 8.42 Å². The van der Waals surface area contributed by atoms with E-state index in [2.05, 4.69) is 10.0 Å². The van der Waals surface area contributed by atoms with Gasteiger partial charge in [0.2, 0.25) is 0 Å². The Labute approximate surface area is 153 Å². The standard InChI is InChI=1S/C18H22N2O5S/c1-4-24-17-8-6-5-7-16(17)20-26(22,23)15-11-9-14(10-12-15)25-13(2)18(21)19-3/h5-13,20H,4H2,1-3H3,(H,19,21)/t13-/m1/s1.